The number of urea groups is 1. The van der Waals surface area contributed by atoms with Crippen LogP contribution in [0.25, 0.3) is 0 Å². The van der Waals surface area contributed by atoms with Crippen molar-refractivity contribution in [2.24, 2.45) is 0 Å². The fourth-order valence-corrected chi connectivity index (χ4v) is 2.73. The molecule has 28 heavy (non-hydrogen) atoms. The normalized spacial score (nSPS) is 13.8. The predicted molar refractivity (Wildman–Crippen MR) is 103 cm³/mol. The summed E-state index contributed by atoms with van der Waals surface area (Å²) < 4.78 is 0. The highest BCUT2D eigenvalue weighted by atomic mass is 16.2. The van der Waals surface area contributed by atoms with E-state index >= 15 is 0 Å². The van der Waals surface area contributed by atoms with Crippen LogP contribution in [-0.4, -0.2) is 89.5 Å². The largest absolute Gasteiger partial charge is 0.342 e. The van der Waals surface area contributed by atoms with Gasteiger partial charge in [0.25, 0.3) is 0 Å². The van der Waals surface area contributed by atoms with Crippen molar-refractivity contribution in [3.05, 3.63) is 24.3 Å². The summed E-state index contributed by atoms with van der Waals surface area (Å²) in [6.45, 7) is 11.1. The number of carbonyl (C=O) groups excluding carboxylic acids is 5. The number of rotatable bonds is 10. The second kappa shape index (κ2) is 9.82. The van der Waals surface area contributed by atoms with Crippen molar-refractivity contribution < 1.29 is 24.0 Å². The van der Waals surface area contributed by atoms with Crippen molar-refractivity contribution in [1.82, 2.24) is 19.6 Å². The molecule has 0 aromatic rings. The molecule has 1 aliphatic rings. The van der Waals surface area contributed by atoms with Gasteiger partial charge in [0.1, 0.15) is 0 Å². The SMILES string of the molecule is C=C(C)C(=O)N(C)CCCN1C(=O)C(=O)N(CCCN(C)C(=O)C(=C)C)C1=O. The molecule has 1 heterocycles. The minimum Gasteiger partial charge on any atom is -0.342 e. The number of likely N-dealkylation sites (N-methyl/N-ethyl adjacent to an activating group) is 2. The van der Waals surface area contributed by atoms with E-state index in [1.165, 1.54) is 9.80 Å². The average molecular weight is 392 g/mol. The van der Waals surface area contributed by atoms with E-state index in [1.54, 1.807) is 27.9 Å². The molecule has 9 nitrogen and oxygen atoms in total. The smallest absolute Gasteiger partial charge is 0.334 e. The van der Waals surface area contributed by atoms with Crippen molar-refractivity contribution in [1.29, 1.82) is 0 Å². The predicted octanol–water partition coefficient (Wildman–Crippen LogP) is 0.626. The lowest BCUT2D eigenvalue weighted by Gasteiger charge is -2.20. The lowest BCUT2D eigenvalue weighted by Crippen LogP contribution is -2.37. The molecule has 0 bridgehead atoms. The quantitative estimate of drug-likeness (QED) is 0.308. The Kier molecular flexibility index (Phi) is 8.09. The van der Waals surface area contributed by atoms with Crippen molar-refractivity contribution in [2.75, 3.05) is 40.3 Å². The Morgan fingerprint density at radius 2 is 1.11 bits per heavy atom. The lowest BCUT2D eigenvalue weighted by atomic mass is 10.3. The zero-order valence-electron chi connectivity index (χ0n) is 17.0. The van der Waals surface area contributed by atoms with Gasteiger partial charge in [-0.2, -0.15) is 0 Å². The Morgan fingerprint density at radius 3 is 1.39 bits per heavy atom. The number of amides is 6. The van der Waals surface area contributed by atoms with Crippen LogP contribution in [0.4, 0.5) is 4.79 Å². The third-order valence-corrected chi connectivity index (χ3v) is 4.31. The highest BCUT2D eigenvalue weighted by molar-refractivity contribution is 6.44. The molecule has 0 radical (unpaired) electrons. The molecule has 1 fully saturated rings. The van der Waals surface area contributed by atoms with E-state index in [4.69, 9.17) is 0 Å². The number of carbonyl (C=O) groups is 5. The Bertz CT molecular complexity index is 657. The van der Waals surface area contributed by atoms with Gasteiger partial charge in [-0.3, -0.25) is 29.0 Å². The van der Waals surface area contributed by atoms with Crippen LogP contribution in [0, 0.1) is 0 Å². The maximum absolute atomic E-state index is 12.4. The molecule has 1 rings (SSSR count). The lowest BCUT2D eigenvalue weighted by molar-refractivity contribution is -0.143. The summed E-state index contributed by atoms with van der Waals surface area (Å²) in [7, 11) is 3.20. The first-order valence-electron chi connectivity index (χ1n) is 8.98. The van der Waals surface area contributed by atoms with E-state index in [0.717, 1.165) is 9.80 Å². The Morgan fingerprint density at radius 1 is 0.786 bits per heavy atom. The van der Waals surface area contributed by atoms with Gasteiger partial charge in [-0.1, -0.05) is 13.2 Å². The van der Waals surface area contributed by atoms with E-state index in [1.807, 2.05) is 0 Å². The maximum atomic E-state index is 12.4. The standard InChI is InChI=1S/C19H28N4O5/c1-13(2)15(24)20(5)9-7-11-22-17(26)18(27)23(19(22)28)12-8-10-21(6)16(25)14(3)4/h1,3,7-12H2,2,4-6H3. The monoisotopic (exact) mass is 392 g/mol. The van der Waals surface area contributed by atoms with Crippen LogP contribution in [0.1, 0.15) is 26.7 Å². The second-order valence-electron chi connectivity index (χ2n) is 6.92. The Labute approximate surface area is 165 Å². The molecule has 0 atom stereocenters. The molecule has 0 unspecified atom stereocenters. The summed E-state index contributed by atoms with van der Waals surface area (Å²) in [6, 6.07) is -0.669. The summed E-state index contributed by atoms with van der Waals surface area (Å²) >= 11 is 0. The van der Waals surface area contributed by atoms with Crippen LogP contribution in [0.15, 0.2) is 24.3 Å². The summed E-state index contributed by atoms with van der Waals surface area (Å²) in [6.07, 6.45) is 0.702. The summed E-state index contributed by atoms with van der Waals surface area (Å²) in [5, 5.41) is 0. The molecule has 0 spiro atoms. The molecule has 154 valence electrons. The molecule has 0 N–H and O–H groups in total. The van der Waals surface area contributed by atoms with Gasteiger partial charge in [0, 0.05) is 51.4 Å². The van der Waals surface area contributed by atoms with Gasteiger partial charge in [0.15, 0.2) is 0 Å². The zero-order chi connectivity index (χ0) is 21.6. The van der Waals surface area contributed by atoms with Crippen molar-refractivity contribution in [2.45, 2.75) is 26.7 Å². The van der Waals surface area contributed by atoms with Gasteiger partial charge in [-0.25, -0.2) is 4.79 Å². The number of imide groups is 2. The van der Waals surface area contributed by atoms with Crippen LogP contribution in [-0.2, 0) is 19.2 Å². The molecular weight excluding hydrogens is 364 g/mol. The van der Waals surface area contributed by atoms with E-state index in [9.17, 15) is 24.0 Å². The van der Waals surface area contributed by atoms with E-state index in [0.29, 0.717) is 37.1 Å². The minimum absolute atomic E-state index is 0.0434. The van der Waals surface area contributed by atoms with E-state index < -0.39 is 17.8 Å². The third-order valence-electron chi connectivity index (χ3n) is 4.31. The fraction of sp³-hybridized carbons (Fsp3) is 0.526. The number of nitrogens with zero attached hydrogens (tertiary/aromatic N) is 4. The van der Waals surface area contributed by atoms with Crippen LogP contribution < -0.4 is 0 Å². The fourth-order valence-electron chi connectivity index (χ4n) is 2.73. The van der Waals surface area contributed by atoms with Gasteiger partial charge in [-0.15, -0.1) is 0 Å². The molecule has 0 aromatic heterocycles. The first-order valence-corrected chi connectivity index (χ1v) is 8.98. The maximum Gasteiger partial charge on any atom is 0.334 e. The topological polar surface area (TPSA) is 98.3 Å². The van der Waals surface area contributed by atoms with Gasteiger partial charge in [0.2, 0.25) is 11.8 Å². The summed E-state index contributed by atoms with van der Waals surface area (Å²) in [5.74, 6) is -2.18. The molecule has 0 aliphatic carbocycles. The minimum atomic E-state index is -0.870. The molecular formula is C19H28N4O5. The molecule has 6 amide bonds. The highest BCUT2D eigenvalue weighted by Crippen LogP contribution is 2.13. The molecule has 1 saturated heterocycles. The number of hydrogen-bond acceptors (Lipinski definition) is 5. The Balaban J connectivity index is 2.55. The second-order valence-corrected chi connectivity index (χ2v) is 6.92. The van der Waals surface area contributed by atoms with Gasteiger partial charge < -0.3 is 9.80 Å². The van der Waals surface area contributed by atoms with Crippen molar-refractivity contribution in [3.8, 4) is 0 Å². The average Bonchev–Trinajstić information content (AvgIpc) is 2.83. The number of hydrogen-bond donors (Lipinski definition) is 0. The van der Waals surface area contributed by atoms with Crippen molar-refractivity contribution >= 4 is 29.7 Å². The van der Waals surface area contributed by atoms with Crippen LogP contribution in [0.5, 0.6) is 0 Å². The van der Waals surface area contributed by atoms with E-state index in [2.05, 4.69) is 13.2 Å². The molecule has 9 heteroatoms. The highest BCUT2D eigenvalue weighted by Gasteiger charge is 2.43. The molecule has 0 aromatic carbocycles. The van der Waals surface area contributed by atoms with Crippen LogP contribution >= 0.6 is 0 Å². The zero-order valence-corrected chi connectivity index (χ0v) is 17.0. The van der Waals surface area contributed by atoms with Crippen LogP contribution in [0.3, 0.4) is 0 Å². The summed E-state index contributed by atoms with van der Waals surface area (Å²) in [5.41, 5.74) is 0.791. The van der Waals surface area contributed by atoms with Crippen molar-refractivity contribution in [3.63, 3.8) is 0 Å². The van der Waals surface area contributed by atoms with E-state index in [-0.39, 0.29) is 24.9 Å². The third kappa shape index (κ3) is 5.51. The first kappa shape index (κ1) is 23.1. The van der Waals surface area contributed by atoms with Gasteiger partial charge >= 0.3 is 17.8 Å². The van der Waals surface area contributed by atoms with Gasteiger partial charge in [-0.05, 0) is 26.7 Å². The van der Waals surface area contributed by atoms with Crippen LogP contribution in [0.2, 0.25) is 0 Å². The summed E-state index contributed by atoms with van der Waals surface area (Å²) in [4.78, 5) is 64.7. The molecule has 0 saturated carbocycles. The Hall–Kier alpha value is -2.97. The first-order chi connectivity index (χ1) is 13.0. The van der Waals surface area contributed by atoms with Gasteiger partial charge in [0.05, 0.1) is 0 Å². The molecule has 1 aliphatic heterocycles.